The van der Waals surface area contributed by atoms with Gasteiger partial charge >= 0.3 is 0 Å². The van der Waals surface area contributed by atoms with Crippen LogP contribution in [-0.4, -0.2) is 31.6 Å². The minimum atomic E-state index is -0.224. The van der Waals surface area contributed by atoms with E-state index in [1.165, 1.54) is 18.9 Å². The molecule has 2 N–H and O–H groups in total. The van der Waals surface area contributed by atoms with E-state index in [4.69, 9.17) is 0 Å². The lowest BCUT2D eigenvalue weighted by atomic mass is 10.1. The van der Waals surface area contributed by atoms with Crippen LogP contribution in [0.3, 0.4) is 0 Å². The maximum atomic E-state index is 13.4. The second-order valence-electron chi connectivity index (χ2n) is 5.20. The van der Waals surface area contributed by atoms with Gasteiger partial charge in [-0.1, -0.05) is 0 Å². The van der Waals surface area contributed by atoms with Crippen LogP contribution >= 0.6 is 0 Å². The molecule has 0 bridgehead atoms. The number of piperazine rings is 1. The molecule has 4 nitrogen and oxygen atoms in total. The van der Waals surface area contributed by atoms with Gasteiger partial charge in [0.1, 0.15) is 5.82 Å². The molecule has 1 saturated carbocycles. The average Bonchev–Trinajstić information content (AvgIpc) is 3.20. The van der Waals surface area contributed by atoms with Crippen LogP contribution in [0.4, 0.5) is 10.1 Å². The molecule has 1 aliphatic heterocycles. The number of anilines is 1. The number of rotatable bonds is 4. The van der Waals surface area contributed by atoms with Crippen LogP contribution in [0.5, 0.6) is 0 Å². The van der Waals surface area contributed by atoms with E-state index in [0.29, 0.717) is 25.7 Å². The molecule has 1 saturated heterocycles. The summed E-state index contributed by atoms with van der Waals surface area (Å²) in [7, 11) is 0. The second kappa shape index (κ2) is 5.17. The third-order valence-corrected chi connectivity index (χ3v) is 3.58. The number of nitrogens with zero attached hydrogens (tertiary/aromatic N) is 1. The molecule has 2 fully saturated rings. The number of hydrogen-bond donors (Lipinski definition) is 2. The quantitative estimate of drug-likeness (QED) is 0.852. The summed E-state index contributed by atoms with van der Waals surface area (Å²) in [5, 5.41) is 6.20. The van der Waals surface area contributed by atoms with E-state index in [9.17, 15) is 9.18 Å². The molecule has 1 aromatic rings. The summed E-state index contributed by atoms with van der Waals surface area (Å²) in [6, 6.07) is 5.39. The smallest absolute Gasteiger partial charge is 0.239 e. The fraction of sp³-hybridized carbons (Fsp3) is 0.500. The Labute approximate surface area is 112 Å². The molecule has 0 radical (unpaired) electrons. The van der Waals surface area contributed by atoms with Gasteiger partial charge in [-0.25, -0.2) is 4.39 Å². The molecule has 1 aromatic carbocycles. The van der Waals surface area contributed by atoms with E-state index in [2.05, 4.69) is 10.6 Å². The zero-order chi connectivity index (χ0) is 13.2. The summed E-state index contributed by atoms with van der Waals surface area (Å²) < 4.78 is 13.4. The Morgan fingerprint density at radius 3 is 3.00 bits per heavy atom. The van der Waals surface area contributed by atoms with E-state index >= 15 is 0 Å². The van der Waals surface area contributed by atoms with E-state index in [1.807, 2.05) is 4.90 Å². The first-order valence-electron chi connectivity index (χ1n) is 6.76. The Hall–Kier alpha value is -1.62. The topological polar surface area (TPSA) is 44.4 Å². The molecular weight excluding hydrogens is 245 g/mol. The van der Waals surface area contributed by atoms with E-state index in [-0.39, 0.29) is 11.7 Å². The van der Waals surface area contributed by atoms with Crippen molar-refractivity contribution in [3.8, 4) is 0 Å². The van der Waals surface area contributed by atoms with Crippen molar-refractivity contribution < 1.29 is 9.18 Å². The Bertz CT molecular complexity index is 488. The maximum absolute atomic E-state index is 13.4. The highest BCUT2D eigenvalue weighted by atomic mass is 19.1. The molecule has 102 valence electrons. The minimum Gasteiger partial charge on any atom is -0.360 e. The number of halogens is 1. The normalized spacial score (nSPS) is 19.4. The molecule has 2 aliphatic rings. The van der Waals surface area contributed by atoms with E-state index in [0.717, 1.165) is 17.8 Å². The van der Waals surface area contributed by atoms with E-state index in [1.54, 1.807) is 12.1 Å². The summed E-state index contributed by atoms with van der Waals surface area (Å²) in [5.74, 6) is -0.200. The van der Waals surface area contributed by atoms with Crippen molar-refractivity contribution in [2.75, 3.05) is 24.5 Å². The fourth-order valence-electron chi connectivity index (χ4n) is 2.39. The average molecular weight is 263 g/mol. The van der Waals surface area contributed by atoms with Crippen molar-refractivity contribution in [3.63, 3.8) is 0 Å². The maximum Gasteiger partial charge on any atom is 0.239 e. The number of nitrogens with one attached hydrogen (secondary N) is 2. The summed E-state index contributed by atoms with van der Waals surface area (Å²) in [4.78, 5) is 13.5. The van der Waals surface area contributed by atoms with Gasteiger partial charge in [0.05, 0.1) is 6.54 Å². The number of hydrogen-bond acceptors (Lipinski definition) is 3. The second-order valence-corrected chi connectivity index (χ2v) is 5.20. The van der Waals surface area contributed by atoms with E-state index < -0.39 is 0 Å². The fourth-order valence-corrected chi connectivity index (χ4v) is 2.39. The van der Waals surface area contributed by atoms with Gasteiger partial charge < -0.3 is 15.5 Å². The summed E-state index contributed by atoms with van der Waals surface area (Å²) in [6.07, 6.45) is 2.41. The van der Waals surface area contributed by atoms with Crippen molar-refractivity contribution in [1.82, 2.24) is 10.6 Å². The SMILES string of the molecule is O=C1CN(c2ccc(F)cc2CNC2CC2)CCN1. The monoisotopic (exact) mass is 263 g/mol. The molecule has 3 rings (SSSR count). The summed E-state index contributed by atoms with van der Waals surface area (Å²) in [5.41, 5.74) is 1.89. The lowest BCUT2D eigenvalue weighted by molar-refractivity contribution is -0.120. The molecule has 19 heavy (non-hydrogen) atoms. The van der Waals surface area contributed by atoms with Gasteiger partial charge in [0.2, 0.25) is 5.91 Å². The van der Waals surface area contributed by atoms with Gasteiger partial charge in [0.25, 0.3) is 0 Å². The molecule has 0 unspecified atom stereocenters. The highest BCUT2D eigenvalue weighted by Gasteiger charge is 2.22. The molecule has 1 heterocycles. The van der Waals surface area contributed by atoms with Crippen molar-refractivity contribution in [2.45, 2.75) is 25.4 Å². The number of carbonyl (C=O) groups excluding carboxylic acids is 1. The van der Waals surface area contributed by atoms with Crippen LogP contribution in [0.15, 0.2) is 18.2 Å². The highest BCUT2D eigenvalue weighted by Crippen LogP contribution is 2.25. The molecule has 0 aromatic heterocycles. The van der Waals surface area contributed by atoms with Gasteiger partial charge in [0.15, 0.2) is 0 Å². The van der Waals surface area contributed by atoms with Crippen molar-refractivity contribution in [3.05, 3.63) is 29.6 Å². The molecule has 1 amide bonds. The first-order chi connectivity index (χ1) is 9.22. The predicted octanol–water partition coefficient (Wildman–Crippen LogP) is 1.01. The first-order valence-corrected chi connectivity index (χ1v) is 6.76. The Morgan fingerprint density at radius 2 is 2.26 bits per heavy atom. The Morgan fingerprint density at radius 1 is 1.42 bits per heavy atom. The number of benzene rings is 1. The molecule has 1 aliphatic carbocycles. The van der Waals surface area contributed by atoms with Gasteiger partial charge in [-0.2, -0.15) is 0 Å². The number of carbonyl (C=O) groups is 1. The number of amides is 1. The lowest BCUT2D eigenvalue weighted by Gasteiger charge is -2.30. The Kier molecular flexibility index (Phi) is 3.38. The molecular formula is C14H18FN3O. The predicted molar refractivity (Wildman–Crippen MR) is 71.5 cm³/mol. The van der Waals surface area contributed by atoms with Gasteiger partial charge in [0, 0.05) is 31.4 Å². The minimum absolute atomic E-state index is 0.0247. The largest absolute Gasteiger partial charge is 0.360 e. The van der Waals surface area contributed by atoms with Crippen LogP contribution in [0.1, 0.15) is 18.4 Å². The highest BCUT2D eigenvalue weighted by molar-refractivity contribution is 5.83. The first kappa shape index (κ1) is 12.4. The van der Waals surface area contributed by atoms with Crippen molar-refractivity contribution in [2.24, 2.45) is 0 Å². The Balaban J connectivity index is 1.79. The molecule has 0 spiro atoms. The van der Waals surface area contributed by atoms with Crippen LogP contribution in [0, 0.1) is 5.82 Å². The van der Waals surface area contributed by atoms with Crippen LogP contribution in [0.25, 0.3) is 0 Å². The zero-order valence-corrected chi connectivity index (χ0v) is 10.8. The third-order valence-electron chi connectivity index (χ3n) is 3.58. The van der Waals surface area contributed by atoms with Gasteiger partial charge in [-0.15, -0.1) is 0 Å². The summed E-state index contributed by atoms with van der Waals surface area (Å²) in [6.45, 7) is 2.43. The van der Waals surface area contributed by atoms with Crippen molar-refractivity contribution >= 4 is 11.6 Å². The van der Waals surface area contributed by atoms with Crippen molar-refractivity contribution in [1.29, 1.82) is 0 Å². The van der Waals surface area contributed by atoms with Gasteiger partial charge in [-0.05, 0) is 36.6 Å². The lowest BCUT2D eigenvalue weighted by Crippen LogP contribution is -2.48. The van der Waals surface area contributed by atoms with Gasteiger partial charge in [-0.3, -0.25) is 4.79 Å². The third kappa shape index (κ3) is 3.04. The van der Waals surface area contributed by atoms with Crippen LogP contribution < -0.4 is 15.5 Å². The van der Waals surface area contributed by atoms with Crippen LogP contribution in [0.2, 0.25) is 0 Å². The standard InChI is InChI=1S/C14H18FN3O/c15-11-1-4-13(18-6-5-16-14(19)9-18)10(7-11)8-17-12-2-3-12/h1,4,7,12,17H,2-3,5-6,8-9H2,(H,16,19). The summed E-state index contributed by atoms with van der Waals surface area (Å²) >= 11 is 0. The molecule has 5 heteroatoms. The van der Waals surface area contributed by atoms with Crippen LogP contribution in [-0.2, 0) is 11.3 Å². The zero-order valence-electron chi connectivity index (χ0n) is 10.8. The molecule has 0 atom stereocenters.